The number of esters is 2. The highest BCUT2D eigenvalue weighted by Gasteiger charge is 2.15. The monoisotopic (exact) mass is 252 g/mol. The summed E-state index contributed by atoms with van der Waals surface area (Å²) < 4.78 is 15.3. The van der Waals surface area contributed by atoms with Crippen LogP contribution in [-0.2, 0) is 9.59 Å². The summed E-state index contributed by atoms with van der Waals surface area (Å²) in [6, 6.07) is 4.78. The zero-order chi connectivity index (χ0) is 13.5. The normalized spacial score (nSPS) is 9.72. The van der Waals surface area contributed by atoms with Crippen molar-refractivity contribution >= 4 is 11.9 Å². The molecule has 0 bridgehead atoms. The molecule has 5 nitrogen and oxygen atoms in total. The van der Waals surface area contributed by atoms with E-state index < -0.39 is 0 Å². The van der Waals surface area contributed by atoms with Gasteiger partial charge in [-0.05, 0) is 12.1 Å². The molecule has 1 aromatic carbocycles. The Hall–Kier alpha value is -2.04. The van der Waals surface area contributed by atoms with E-state index >= 15 is 0 Å². The first-order chi connectivity index (χ1) is 8.62. The number of benzene rings is 1. The number of ether oxygens (including phenoxy) is 3. The van der Waals surface area contributed by atoms with Crippen molar-refractivity contribution in [2.45, 2.75) is 26.7 Å². The first-order valence-electron chi connectivity index (χ1n) is 5.70. The first kappa shape index (κ1) is 14.0. The third-order valence-electron chi connectivity index (χ3n) is 2.17. The quantitative estimate of drug-likeness (QED) is 0.594. The molecule has 0 aliphatic carbocycles. The number of hydrogen-bond donors (Lipinski definition) is 0. The topological polar surface area (TPSA) is 61.8 Å². The number of rotatable bonds is 5. The van der Waals surface area contributed by atoms with Gasteiger partial charge in [0.25, 0.3) is 0 Å². The van der Waals surface area contributed by atoms with Gasteiger partial charge in [-0.25, -0.2) is 0 Å². The van der Waals surface area contributed by atoms with Crippen LogP contribution >= 0.6 is 0 Å². The van der Waals surface area contributed by atoms with Crippen LogP contribution in [0.3, 0.4) is 0 Å². The number of hydrogen-bond acceptors (Lipinski definition) is 5. The van der Waals surface area contributed by atoms with Crippen LogP contribution in [0.4, 0.5) is 0 Å². The third-order valence-corrected chi connectivity index (χ3v) is 2.17. The van der Waals surface area contributed by atoms with E-state index in [-0.39, 0.29) is 42.0 Å². The Morgan fingerprint density at radius 3 is 1.78 bits per heavy atom. The highest BCUT2D eigenvalue weighted by Crippen LogP contribution is 2.37. The molecule has 0 fully saturated rings. The Labute approximate surface area is 106 Å². The van der Waals surface area contributed by atoms with Gasteiger partial charge in [-0.1, -0.05) is 19.9 Å². The van der Waals surface area contributed by atoms with E-state index in [1.54, 1.807) is 32.0 Å². The Balaban J connectivity index is 3.01. The molecule has 0 aromatic heterocycles. The Morgan fingerprint density at radius 1 is 1.00 bits per heavy atom. The average Bonchev–Trinajstić information content (AvgIpc) is 2.38. The summed E-state index contributed by atoms with van der Waals surface area (Å²) in [5, 5.41) is 0. The number of para-hydroxylation sites is 1. The second-order valence-electron chi connectivity index (χ2n) is 3.44. The maximum Gasteiger partial charge on any atom is 0.311 e. The minimum absolute atomic E-state index is 0.237. The van der Waals surface area contributed by atoms with Crippen LogP contribution in [0.15, 0.2) is 18.2 Å². The largest absolute Gasteiger partial charge is 0.490 e. The van der Waals surface area contributed by atoms with Crippen molar-refractivity contribution in [2.24, 2.45) is 0 Å². The lowest BCUT2D eigenvalue weighted by Gasteiger charge is -2.12. The van der Waals surface area contributed by atoms with Crippen molar-refractivity contribution < 1.29 is 23.8 Å². The molecule has 0 saturated carbocycles. The van der Waals surface area contributed by atoms with E-state index in [1.165, 1.54) is 7.11 Å². The van der Waals surface area contributed by atoms with Crippen LogP contribution in [-0.4, -0.2) is 19.0 Å². The summed E-state index contributed by atoms with van der Waals surface area (Å²) >= 11 is 0. The zero-order valence-electron chi connectivity index (χ0n) is 10.7. The van der Waals surface area contributed by atoms with Gasteiger partial charge >= 0.3 is 11.9 Å². The van der Waals surface area contributed by atoms with Crippen molar-refractivity contribution in [3.05, 3.63) is 18.2 Å². The summed E-state index contributed by atoms with van der Waals surface area (Å²) in [7, 11) is 1.42. The minimum atomic E-state index is -0.382. The van der Waals surface area contributed by atoms with Gasteiger partial charge in [0.2, 0.25) is 5.75 Å². The SMILES string of the molecule is CCC(=O)Oc1cccc(OC(=O)CC)c1OC. The van der Waals surface area contributed by atoms with Crippen molar-refractivity contribution in [3.63, 3.8) is 0 Å². The minimum Gasteiger partial charge on any atom is -0.490 e. The Morgan fingerprint density at radius 2 is 1.44 bits per heavy atom. The molecule has 0 saturated heterocycles. The average molecular weight is 252 g/mol. The van der Waals surface area contributed by atoms with Crippen LogP contribution in [0, 0.1) is 0 Å². The van der Waals surface area contributed by atoms with Gasteiger partial charge in [-0.3, -0.25) is 9.59 Å². The van der Waals surface area contributed by atoms with Gasteiger partial charge in [0.1, 0.15) is 0 Å². The highest BCUT2D eigenvalue weighted by molar-refractivity contribution is 5.76. The molecular formula is C13H16O5. The van der Waals surface area contributed by atoms with E-state index in [0.29, 0.717) is 0 Å². The summed E-state index contributed by atoms with van der Waals surface area (Å²) in [4.78, 5) is 22.5. The lowest BCUT2D eigenvalue weighted by atomic mass is 10.3. The lowest BCUT2D eigenvalue weighted by molar-refractivity contribution is -0.134. The van der Waals surface area contributed by atoms with Crippen molar-refractivity contribution in [2.75, 3.05) is 7.11 Å². The lowest BCUT2D eigenvalue weighted by Crippen LogP contribution is -2.09. The van der Waals surface area contributed by atoms with Gasteiger partial charge in [-0.2, -0.15) is 0 Å². The van der Waals surface area contributed by atoms with Gasteiger partial charge in [0.05, 0.1) is 7.11 Å². The summed E-state index contributed by atoms with van der Waals surface area (Å²) in [5.74, 6) is -0.0443. The van der Waals surface area contributed by atoms with Crippen molar-refractivity contribution in [3.8, 4) is 17.2 Å². The van der Waals surface area contributed by atoms with Crippen LogP contribution in [0.5, 0.6) is 17.2 Å². The van der Waals surface area contributed by atoms with E-state index in [1.807, 2.05) is 0 Å². The smallest absolute Gasteiger partial charge is 0.311 e. The predicted molar refractivity (Wildman–Crippen MR) is 64.8 cm³/mol. The molecule has 0 aliphatic heterocycles. The van der Waals surface area contributed by atoms with Crippen molar-refractivity contribution in [1.82, 2.24) is 0 Å². The van der Waals surface area contributed by atoms with Crippen LogP contribution in [0.25, 0.3) is 0 Å². The maximum atomic E-state index is 11.3. The molecular weight excluding hydrogens is 236 g/mol. The standard InChI is InChI=1S/C13H16O5/c1-4-11(14)17-9-7-6-8-10(13(9)16-3)18-12(15)5-2/h6-8H,4-5H2,1-3H3. The van der Waals surface area contributed by atoms with Gasteiger partial charge in [0.15, 0.2) is 11.5 Å². The van der Waals surface area contributed by atoms with E-state index in [9.17, 15) is 9.59 Å². The number of methoxy groups -OCH3 is 1. The second-order valence-corrected chi connectivity index (χ2v) is 3.44. The first-order valence-corrected chi connectivity index (χ1v) is 5.70. The summed E-state index contributed by atoms with van der Waals surface area (Å²) in [6.45, 7) is 3.38. The molecule has 98 valence electrons. The summed E-state index contributed by atoms with van der Waals surface area (Å²) in [6.07, 6.45) is 0.504. The molecule has 0 radical (unpaired) electrons. The molecule has 0 amide bonds. The van der Waals surface area contributed by atoms with Crippen LogP contribution in [0.1, 0.15) is 26.7 Å². The molecule has 0 N–H and O–H groups in total. The fraction of sp³-hybridized carbons (Fsp3) is 0.385. The second kappa shape index (κ2) is 6.64. The molecule has 1 aromatic rings. The molecule has 5 heteroatoms. The van der Waals surface area contributed by atoms with Crippen LogP contribution in [0.2, 0.25) is 0 Å². The van der Waals surface area contributed by atoms with E-state index in [4.69, 9.17) is 14.2 Å². The van der Waals surface area contributed by atoms with Gasteiger partial charge in [0, 0.05) is 12.8 Å². The highest BCUT2D eigenvalue weighted by atomic mass is 16.6. The molecule has 0 unspecified atom stereocenters. The molecule has 0 heterocycles. The molecule has 0 aliphatic rings. The fourth-order valence-corrected chi connectivity index (χ4v) is 1.25. The predicted octanol–water partition coefficient (Wildman–Crippen LogP) is 2.33. The number of carbonyl (C=O) groups excluding carboxylic acids is 2. The van der Waals surface area contributed by atoms with Crippen molar-refractivity contribution in [1.29, 1.82) is 0 Å². The zero-order valence-corrected chi connectivity index (χ0v) is 10.7. The van der Waals surface area contributed by atoms with E-state index in [0.717, 1.165) is 0 Å². The molecule has 18 heavy (non-hydrogen) atoms. The summed E-state index contributed by atoms with van der Waals surface area (Å²) in [5.41, 5.74) is 0. The van der Waals surface area contributed by atoms with Crippen LogP contribution < -0.4 is 14.2 Å². The Bertz CT molecular complexity index is 403. The van der Waals surface area contributed by atoms with E-state index in [2.05, 4.69) is 0 Å². The number of carbonyl (C=O) groups is 2. The maximum absolute atomic E-state index is 11.3. The Kier molecular flexibility index (Phi) is 5.17. The van der Waals surface area contributed by atoms with Gasteiger partial charge in [-0.15, -0.1) is 0 Å². The fourth-order valence-electron chi connectivity index (χ4n) is 1.25. The third kappa shape index (κ3) is 3.48. The molecule has 0 atom stereocenters. The van der Waals surface area contributed by atoms with Gasteiger partial charge < -0.3 is 14.2 Å². The molecule has 1 rings (SSSR count). The molecule has 0 spiro atoms.